The molecule has 1 saturated heterocycles. The number of rotatable bonds is 3. The first-order valence-electron chi connectivity index (χ1n) is 5.08. The molecule has 0 bridgehead atoms. The van der Waals surface area contributed by atoms with Crippen molar-refractivity contribution in [2.24, 2.45) is 11.8 Å². The Hall–Kier alpha value is -0.0100. The summed E-state index contributed by atoms with van der Waals surface area (Å²) in [6.07, 6.45) is 4.68. The number of hydrogen-bond acceptors (Lipinski definition) is 1. The van der Waals surface area contributed by atoms with Crippen molar-refractivity contribution in [2.45, 2.75) is 26.7 Å². The van der Waals surface area contributed by atoms with Crippen LogP contribution in [0.2, 0.25) is 0 Å². The van der Waals surface area contributed by atoms with Crippen LogP contribution in [-0.2, 0) is 4.74 Å². The maximum absolute atomic E-state index is 5.88. The van der Waals surface area contributed by atoms with Gasteiger partial charge in [0.15, 0.2) is 0 Å². The third kappa shape index (κ3) is 3.70. The molecular weight excluding hydrogens is 184 g/mol. The van der Waals surface area contributed by atoms with Gasteiger partial charge in [0.1, 0.15) is 0 Å². The predicted molar refractivity (Wildman–Crippen MR) is 57.2 cm³/mol. The molecule has 1 aliphatic heterocycles. The van der Waals surface area contributed by atoms with Gasteiger partial charge in [0.2, 0.25) is 0 Å². The standard InChI is InChI=1S/C11H19ClO/c1-9(2)11(8-12)7-10-3-5-13-6-4-10/h7,9-10H,3-6,8H2,1-2H3. The van der Waals surface area contributed by atoms with Crippen LogP contribution in [0, 0.1) is 11.8 Å². The third-order valence-electron chi connectivity index (χ3n) is 2.61. The summed E-state index contributed by atoms with van der Waals surface area (Å²) in [5.74, 6) is 1.96. The van der Waals surface area contributed by atoms with Crippen molar-refractivity contribution in [2.75, 3.05) is 19.1 Å². The summed E-state index contributed by atoms with van der Waals surface area (Å²) < 4.78 is 5.31. The van der Waals surface area contributed by atoms with E-state index in [1.165, 1.54) is 5.57 Å². The second-order valence-electron chi connectivity index (χ2n) is 3.98. The lowest BCUT2D eigenvalue weighted by Crippen LogP contribution is -2.15. The topological polar surface area (TPSA) is 9.23 Å². The summed E-state index contributed by atoms with van der Waals surface area (Å²) >= 11 is 5.88. The van der Waals surface area contributed by atoms with Gasteiger partial charge in [-0.25, -0.2) is 0 Å². The second kappa shape index (κ2) is 5.66. The number of hydrogen-bond donors (Lipinski definition) is 0. The molecule has 1 fully saturated rings. The smallest absolute Gasteiger partial charge is 0.0471 e. The van der Waals surface area contributed by atoms with Gasteiger partial charge in [-0.2, -0.15) is 0 Å². The van der Waals surface area contributed by atoms with Crippen LogP contribution in [-0.4, -0.2) is 19.1 Å². The lowest BCUT2D eigenvalue weighted by Gasteiger charge is -2.21. The lowest BCUT2D eigenvalue weighted by atomic mass is 9.94. The molecule has 13 heavy (non-hydrogen) atoms. The molecule has 1 rings (SSSR count). The minimum atomic E-state index is 0.584. The van der Waals surface area contributed by atoms with Gasteiger partial charge in [-0.15, -0.1) is 11.6 Å². The normalized spacial score (nSPS) is 21.1. The van der Waals surface area contributed by atoms with Crippen molar-refractivity contribution in [1.82, 2.24) is 0 Å². The van der Waals surface area contributed by atoms with Crippen molar-refractivity contribution < 1.29 is 4.74 Å². The first-order chi connectivity index (χ1) is 6.24. The van der Waals surface area contributed by atoms with Crippen LogP contribution in [0.1, 0.15) is 26.7 Å². The summed E-state index contributed by atoms with van der Waals surface area (Å²) in [5, 5.41) is 0. The van der Waals surface area contributed by atoms with Crippen LogP contribution in [0.15, 0.2) is 11.6 Å². The number of allylic oxidation sites excluding steroid dienone is 2. The van der Waals surface area contributed by atoms with Crippen molar-refractivity contribution in [3.8, 4) is 0 Å². The van der Waals surface area contributed by atoms with Gasteiger partial charge in [0.25, 0.3) is 0 Å². The SMILES string of the molecule is CC(C)C(=CC1CCOCC1)CCl. The van der Waals surface area contributed by atoms with Crippen LogP contribution < -0.4 is 0 Å². The Morgan fingerprint density at radius 1 is 1.46 bits per heavy atom. The second-order valence-corrected chi connectivity index (χ2v) is 4.25. The van der Waals surface area contributed by atoms with Crippen molar-refractivity contribution in [3.63, 3.8) is 0 Å². The summed E-state index contributed by atoms with van der Waals surface area (Å²) in [6, 6.07) is 0. The van der Waals surface area contributed by atoms with Crippen molar-refractivity contribution in [3.05, 3.63) is 11.6 Å². The molecule has 0 aromatic rings. The zero-order chi connectivity index (χ0) is 9.68. The third-order valence-corrected chi connectivity index (χ3v) is 2.92. The van der Waals surface area contributed by atoms with E-state index in [0.717, 1.165) is 26.1 Å². The molecule has 0 spiro atoms. The fraction of sp³-hybridized carbons (Fsp3) is 0.818. The Bertz CT molecular complexity index is 169. The Morgan fingerprint density at radius 2 is 2.08 bits per heavy atom. The number of ether oxygens (including phenoxy) is 1. The molecule has 0 unspecified atom stereocenters. The van der Waals surface area contributed by atoms with Gasteiger partial charge in [-0.05, 0) is 24.7 Å². The maximum atomic E-state index is 5.88. The Morgan fingerprint density at radius 3 is 2.54 bits per heavy atom. The summed E-state index contributed by atoms with van der Waals surface area (Å²) in [4.78, 5) is 0. The molecule has 0 amide bonds. The molecule has 0 atom stereocenters. The van der Waals surface area contributed by atoms with Crippen molar-refractivity contribution in [1.29, 1.82) is 0 Å². The molecule has 0 aromatic carbocycles. The summed E-state index contributed by atoms with van der Waals surface area (Å²) in [5.41, 5.74) is 1.38. The van der Waals surface area contributed by atoms with Gasteiger partial charge in [0.05, 0.1) is 0 Å². The molecule has 0 aliphatic carbocycles. The van der Waals surface area contributed by atoms with Crippen LogP contribution in [0.3, 0.4) is 0 Å². The average molecular weight is 203 g/mol. The average Bonchev–Trinajstić information content (AvgIpc) is 2.15. The lowest BCUT2D eigenvalue weighted by molar-refractivity contribution is 0.0782. The Balaban J connectivity index is 2.49. The van der Waals surface area contributed by atoms with E-state index >= 15 is 0 Å². The van der Waals surface area contributed by atoms with E-state index in [4.69, 9.17) is 16.3 Å². The minimum Gasteiger partial charge on any atom is -0.381 e. The van der Waals surface area contributed by atoms with E-state index < -0.39 is 0 Å². The fourth-order valence-corrected chi connectivity index (χ4v) is 1.97. The largest absolute Gasteiger partial charge is 0.381 e. The van der Waals surface area contributed by atoms with Crippen molar-refractivity contribution >= 4 is 11.6 Å². The molecule has 1 heterocycles. The Kier molecular flexibility index (Phi) is 4.82. The highest BCUT2D eigenvalue weighted by molar-refractivity contribution is 6.19. The van der Waals surface area contributed by atoms with Gasteiger partial charge in [0, 0.05) is 19.1 Å². The van der Waals surface area contributed by atoms with Crippen LogP contribution in [0.4, 0.5) is 0 Å². The Labute approximate surface area is 86.1 Å². The highest BCUT2D eigenvalue weighted by atomic mass is 35.5. The minimum absolute atomic E-state index is 0.584. The molecule has 0 radical (unpaired) electrons. The van der Waals surface area contributed by atoms with Crippen LogP contribution in [0.5, 0.6) is 0 Å². The molecular formula is C11H19ClO. The summed E-state index contributed by atoms with van der Waals surface area (Å²) in [6.45, 7) is 6.23. The molecule has 2 heteroatoms. The van der Waals surface area contributed by atoms with E-state index in [-0.39, 0.29) is 0 Å². The van der Waals surface area contributed by atoms with E-state index in [1.54, 1.807) is 0 Å². The van der Waals surface area contributed by atoms with Crippen LogP contribution >= 0.6 is 11.6 Å². The first kappa shape index (κ1) is 11.1. The highest BCUT2D eigenvalue weighted by Crippen LogP contribution is 2.21. The number of halogens is 1. The van der Waals surface area contributed by atoms with E-state index in [2.05, 4.69) is 19.9 Å². The van der Waals surface area contributed by atoms with E-state index in [0.29, 0.717) is 17.7 Å². The first-order valence-corrected chi connectivity index (χ1v) is 5.61. The monoisotopic (exact) mass is 202 g/mol. The molecule has 1 aliphatic rings. The molecule has 1 nitrogen and oxygen atoms in total. The quantitative estimate of drug-likeness (QED) is 0.505. The maximum Gasteiger partial charge on any atom is 0.0471 e. The van der Waals surface area contributed by atoms with E-state index in [9.17, 15) is 0 Å². The van der Waals surface area contributed by atoms with Gasteiger partial charge < -0.3 is 4.74 Å². The number of alkyl halides is 1. The van der Waals surface area contributed by atoms with Gasteiger partial charge in [-0.3, -0.25) is 0 Å². The molecule has 76 valence electrons. The zero-order valence-electron chi connectivity index (χ0n) is 8.55. The molecule has 0 aromatic heterocycles. The highest BCUT2D eigenvalue weighted by Gasteiger charge is 2.12. The molecule has 0 N–H and O–H groups in total. The van der Waals surface area contributed by atoms with Gasteiger partial charge in [-0.1, -0.05) is 25.5 Å². The zero-order valence-corrected chi connectivity index (χ0v) is 9.31. The van der Waals surface area contributed by atoms with E-state index in [1.807, 2.05) is 0 Å². The van der Waals surface area contributed by atoms with Gasteiger partial charge >= 0.3 is 0 Å². The predicted octanol–water partition coefficient (Wildman–Crippen LogP) is 3.23. The fourth-order valence-electron chi connectivity index (χ4n) is 1.58. The van der Waals surface area contributed by atoms with Crippen LogP contribution in [0.25, 0.3) is 0 Å². The molecule has 0 saturated carbocycles. The summed E-state index contributed by atoms with van der Waals surface area (Å²) in [7, 11) is 0.